The Hall–Kier alpha value is -2.84. The highest BCUT2D eigenvalue weighted by atomic mass is 19.2. The molecule has 0 unspecified atom stereocenters. The van der Waals surface area contributed by atoms with Gasteiger partial charge in [-0.25, -0.2) is 0 Å². The van der Waals surface area contributed by atoms with E-state index in [2.05, 4.69) is 10.1 Å². The van der Waals surface area contributed by atoms with Gasteiger partial charge in [-0.2, -0.15) is 27.6 Å². The fraction of sp³-hybridized carbons (Fsp3) is 0.200. The molecule has 0 atom stereocenters. The molecule has 0 spiro atoms. The molecule has 9 heteroatoms. The van der Waals surface area contributed by atoms with Crippen molar-refractivity contribution in [2.75, 3.05) is 19.6 Å². The van der Waals surface area contributed by atoms with Gasteiger partial charge < -0.3 is 9.47 Å². The molecule has 1 aromatic heterocycles. The maximum absolute atomic E-state index is 13.5. The number of hydrazone groups is 1. The largest absolute Gasteiger partial charge is 0.493 e. The molecule has 0 aliphatic heterocycles. The van der Waals surface area contributed by atoms with Crippen LogP contribution in [0.5, 0.6) is 11.5 Å². The lowest BCUT2D eigenvalue weighted by Gasteiger charge is -2.10. The molecule has 5 nitrogen and oxygen atoms in total. The van der Waals surface area contributed by atoms with Crippen molar-refractivity contribution in [1.82, 2.24) is 4.98 Å². The number of aromatic nitrogens is 1. The van der Waals surface area contributed by atoms with Gasteiger partial charge in [0.1, 0.15) is 5.69 Å². The summed E-state index contributed by atoms with van der Waals surface area (Å²) in [4.78, 5) is 2.46. The minimum absolute atomic E-state index is 0.285. The molecule has 128 valence electrons. The van der Waals surface area contributed by atoms with Crippen molar-refractivity contribution < 1.29 is 27.0 Å². The molecule has 24 heavy (non-hydrogen) atoms. The normalized spacial score (nSPS) is 11.4. The molecule has 1 N–H and O–H groups in total. The van der Waals surface area contributed by atoms with E-state index >= 15 is 0 Å². The van der Waals surface area contributed by atoms with Crippen molar-refractivity contribution in [3.8, 4) is 11.5 Å². The van der Waals surface area contributed by atoms with Crippen LogP contribution in [0.2, 0.25) is 0 Å². The Bertz CT molecular complexity index is 771. The van der Waals surface area contributed by atoms with Gasteiger partial charge in [0.25, 0.3) is 11.9 Å². The van der Waals surface area contributed by atoms with Crippen LogP contribution in [-0.4, -0.2) is 24.9 Å². The van der Waals surface area contributed by atoms with E-state index in [0.29, 0.717) is 17.1 Å². The zero-order chi connectivity index (χ0) is 17.9. The van der Waals surface area contributed by atoms with Crippen LogP contribution in [0.3, 0.4) is 0 Å². The average Bonchev–Trinajstić information content (AvgIpc) is 2.59. The number of methoxy groups -OCH3 is 2. The number of hydrogen-bond donors (Lipinski definition) is 1. The second-order valence-corrected chi connectivity index (χ2v) is 4.58. The summed E-state index contributed by atoms with van der Waals surface area (Å²) < 4.78 is 63.3. The van der Waals surface area contributed by atoms with Crippen molar-refractivity contribution >= 4 is 11.4 Å². The summed E-state index contributed by atoms with van der Waals surface area (Å²) >= 11 is 0. The fourth-order valence-corrected chi connectivity index (χ4v) is 1.85. The van der Waals surface area contributed by atoms with Crippen LogP contribution in [0.15, 0.2) is 23.3 Å². The number of anilines is 1. The second-order valence-electron chi connectivity index (χ2n) is 4.58. The number of ether oxygens (including phenoxy) is 2. The van der Waals surface area contributed by atoms with Gasteiger partial charge in [-0.05, 0) is 25.1 Å². The fourth-order valence-electron chi connectivity index (χ4n) is 1.85. The van der Waals surface area contributed by atoms with Gasteiger partial charge in [0, 0.05) is 5.56 Å². The highest BCUT2D eigenvalue weighted by Gasteiger charge is 2.20. The average molecular weight is 343 g/mol. The first-order valence-corrected chi connectivity index (χ1v) is 6.61. The molecule has 1 heterocycles. The van der Waals surface area contributed by atoms with Gasteiger partial charge in [-0.15, -0.1) is 0 Å². The van der Waals surface area contributed by atoms with Gasteiger partial charge in [0.15, 0.2) is 11.5 Å². The van der Waals surface area contributed by atoms with E-state index < -0.39 is 29.2 Å². The molecular formula is C15H13F4N3O2. The first-order chi connectivity index (χ1) is 11.4. The molecule has 0 saturated carbocycles. The van der Waals surface area contributed by atoms with E-state index in [-0.39, 0.29) is 5.71 Å². The van der Waals surface area contributed by atoms with Gasteiger partial charge >= 0.3 is 0 Å². The van der Waals surface area contributed by atoms with E-state index in [0.717, 1.165) is 0 Å². The lowest BCUT2D eigenvalue weighted by Crippen LogP contribution is -2.08. The third-order valence-electron chi connectivity index (χ3n) is 3.13. The summed E-state index contributed by atoms with van der Waals surface area (Å²) in [6.45, 7) is 1.53. The molecule has 2 rings (SSSR count). The van der Waals surface area contributed by atoms with Crippen LogP contribution in [0, 0.1) is 23.5 Å². The van der Waals surface area contributed by atoms with Crippen molar-refractivity contribution in [1.29, 1.82) is 0 Å². The maximum atomic E-state index is 13.5. The second kappa shape index (κ2) is 7.16. The van der Waals surface area contributed by atoms with Crippen molar-refractivity contribution in [3.05, 3.63) is 47.3 Å². The minimum Gasteiger partial charge on any atom is -0.493 e. The van der Waals surface area contributed by atoms with Crippen LogP contribution in [0.1, 0.15) is 12.5 Å². The Morgan fingerprint density at radius 2 is 1.58 bits per heavy atom. The number of nitrogens with zero attached hydrogens (tertiary/aromatic N) is 2. The summed E-state index contributed by atoms with van der Waals surface area (Å²) in [5, 5.41) is 3.73. The van der Waals surface area contributed by atoms with Crippen molar-refractivity contribution in [2.24, 2.45) is 5.10 Å². The monoisotopic (exact) mass is 343 g/mol. The first kappa shape index (κ1) is 17.5. The summed E-state index contributed by atoms with van der Waals surface area (Å²) in [7, 11) is 2.91. The van der Waals surface area contributed by atoms with E-state index in [4.69, 9.17) is 9.47 Å². The van der Waals surface area contributed by atoms with Gasteiger partial charge in [-0.3, -0.25) is 5.43 Å². The zero-order valence-electron chi connectivity index (χ0n) is 13.0. The number of hydrogen-bond acceptors (Lipinski definition) is 5. The van der Waals surface area contributed by atoms with Gasteiger partial charge in [0.2, 0.25) is 11.6 Å². The number of pyridine rings is 1. The summed E-state index contributed by atoms with van der Waals surface area (Å²) in [6.07, 6.45) is 0. The minimum atomic E-state index is -1.77. The standard InChI is InChI=1S/C15H13F4N3O2/c1-7(8-4-5-9(23-2)10(6-8)24-3)21-22-13-11(16)14(18)20-15(19)12(13)17/h4-6H,1-3H3,(H,20,22)/b21-7-. The Balaban J connectivity index is 2.33. The van der Waals surface area contributed by atoms with Crippen LogP contribution >= 0.6 is 0 Å². The number of benzene rings is 1. The van der Waals surface area contributed by atoms with Crippen LogP contribution < -0.4 is 14.9 Å². The molecule has 0 bridgehead atoms. The molecule has 0 aliphatic rings. The maximum Gasteiger partial charge on any atom is 0.254 e. The topological polar surface area (TPSA) is 55.7 Å². The molecule has 0 amide bonds. The molecule has 0 aliphatic carbocycles. The Morgan fingerprint density at radius 1 is 1.00 bits per heavy atom. The van der Waals surface area contributed by atoms with Crippen LogP contribution in [-0.2, 0) is 0 Å². The Kier molecular flexibility index (Phi) is 5.22. The van der Waals surface area contributed by atoms with Crippen molar-refractivity contribution in [2.45, 2.75) is 6.92 Å². The third-order valence-corrected chi connectivity index (χ3v) is 3.13. The number of rotatable bonds is 5. The Labute approximate surface area is 134 Å². The quantitative estimate of drug-likeness (QED) is 0.391. The van der Waals surface area contributed by atoms with Gasteiger partial charge in [0.05, 0.1) is 19.9 Å². The third kappa shape index (κ3) is 3.39. The predicted octanol–water partition coefficient (Wildman–Crippen LogP) is 3.49. The molecule has 2 aromatic rings. The molecule has 1 aromatic carbocycles. The highest BCUT2D eigenvalue weighted by Crippen LogP contribution is 2.28. The zero-order valence-corrected chi connectivity index (χ0v) is 13.0. The molecule has 0 saturated heterocycles. The lowest BCUT2D eigenvalue weighted by molar-refractivity contribution is 0.355. The Morgan fingerprint density at radius 3 is 2.12 bits per heavy atom. The van der Waals surface area contributed by atoms with Gasteiger partial charge in [-0.1, -0.05) is 0 Å². The van der Waals surface area contributed by atoms with E-state index in [1.165, 1.54) is 21.1 Å². The van der Waals surface area contributed by atoms with E-state index in [1.807, 2.05) is 5.43 Å². The number of nitrogens with one attached hydrogen (secondary N) is 1. The number of halogens is 4. The van der Waals surface area contributed by atoms with E-state index in [1.54, 1.807) is 18.2 Å². The molecule has 0 radical (unpaired) electrons. The predicted molar refractivity (Wildman–Crippen MR) is 79.4 cm³/mol. The highest BCUT2D eigenvalue weighted by molar-refractivity contribution is 5.99. The summed E-state index contributed by atoms with van der Waals surface area (Å²) in [5.74, 6) is -5.97. The SMILES string of the molecule is COc1ccc(/C(C)=N\Nc2c(F)c(F)nc(F)c2F)cc1OC. The van der Waals surface area contributed by atoms with Crippen LogP contribution in [0.4, 0.5) is 23.2 Å². The summed E-state index contributed by atoms with van der Waals surface area (Å²) in [5.41, 5.74) is 1.73. The molecule has 0 fully saturated rings. The van der Waals surface area contributed by atoms with Crippen LogP contribution in [0.25, 0.3) is 0 Å². The van der Waals surface area contributed by atoms with E-state index in [9.17, 15) is 17.6 Å². The smallest absolute Gasteiger partial charge is 0.254 e. The first-order valence-electron chi connectivity index (χ1n) is 6.61. The molecular weight excluding hydrogens is 330 g/mol. The lowest BCUT2D eigenvalue weighted by atomic mass is 10.1. The van der Waals surface area contributed by atoms with Crippen molar-refractivity contribution in [3.63, 3.8) is 0 Å². The summed E-state index contributed by atoms with van der Waals surface area (Å²) in [6, 6.07) is 4.82.